The predicted octanol–water partition coefficient (Wildman–Crippen LogP) is 4.50. The summed E-state index contributed by atoms with van der Waals surface area (Å²) in [5.41, 5.74) is 4.67. The largest absolute Gasteiger partial charge is 0.507 e. The van der Waals surface area contributed by atoms with Gasteiger partial charge in [0.05, 0.1) is 17.4 Å². The van der Waals surface area contributed by atoms with Gasteiger partial charge in [-0.15, -0.1) is 11.3 Å². The fraction of sp³-hybridized carbons (Fsp3) is 0.423. The molecule has 2 amide bonds. The Balaban J connectivity index is 1.38. The van der Waals surface area contributed by atoms with Crippen LogP contribution in [-0.2, 0) is 17.6 Å². The van der Waals surface area contributed by atoms with E-state index in [2.05, 4.69) is 20.8 Å². The van der Waals surface area contributed by atoms with Crippen LogP contribution < -0.4 is 10.6 Å². The van der Waals surface area contributed by atoms with Crippen molar-refractivity contribution in [2.24, 2.45) is 0 Å². The van der Waals surface area contributed by atoms with Crippen molar-refractivity contribution in [1.29, 1.82) is 0 Å². The number of aryl methyl sites for hydroxylation is 3. The number of nitrogens with one attached hydrogen (secondary N) is 3. The lowest BCUT2D eigenvalue weighted by molar-refractivity contribution is 0.0858. The van der Waals surface area contributed by atoms with Crippen LogP contribution in [0.4, 0.5) is 5.00 Å². The van der Waals surface area contributed by atoms with Gasteiger partial charge in [0.15, 0.2) is 0 Å². The van der Waals surface area contributed by atoms with Crippen LogP contribution in [0.5, 0.6) is 5.75 Å². The van der Waals surface area contributed by atoms with Crippen molar-refractivity contribution in [2.75, 3.05) is 18.5 Å². The minimum absolute atomic E-state index is 0.0524. The fourth-order valence-corrected chi connectivity index (χ4v) is 6.18. The van der Waals surface area contributed by atoms with Crippen molar-refractivity contribution in [1.82, 2.24) is 15.5 Å². The summed E-state index contributed by atoms with van der Waals surface area (Å²) in [5.74, 6) is -0.398. The van der Waals surface area contributed by atoms with Crippen LogP contribution in [0.25, 0.3) is 11.3 Å². The van der Waals surface area contributed by atoms with Crippen LogP contribution in [0.1, 0.15) is 68.1 Å². The van der Waals surface area contributed by atoms with Gasteiger partial charge in [0, 0.05) is 23.6 Å². The number of anilines is 1. The van der Waals surface area contributed by atoms with Crippen molar-refractivity contribution < 1.29 is 19.4 Å². The molecule has 3 heterocycles. The van der Waals surface area contributed by atoms with Crippen molar-refractivity contribution in [2.45, 2.75) is 58.5 Å². The van der Waals surface area contributed by atoms with E-state index in [4.69, 9.17) is 4.74 Å². The van der Waals surface area contributed by atoms with E-state index in [0.717, 1.165) is 61.8 Å². The summed E-state index contributed by atoms with van der Waals surface area (Å²) < 4.78 is 5.64. The molecule has 1 aromatic carbocycles. The van der Waals surface area contributed by atoms with Crippen molar-refractivity contribution in [3.05, 3.63) is 51.0 Å². The first-order valence-electron chi connectivity index (χ1n) is 12.1. The smallest absolute Gasteiger partial charge is 0.274 e. The third-order valence-electron chi connectivity index (χ3n) is 6.68. The van der Waals surface area contributed by atoms with Gasteiger partial charge in [-0.25, -0.2) is 0 Å². The number of nitrogens with zero attached hydrogens (tertiary/aromatic N) is 1. The number of hydrogen-bond acceptors (Lipinski definition) is 6. The molecule has 3 aromatic rings. The standard InChI is InChI=1S/C26H30N4O4S/c1-14-10-15(2)23(31)18(11-14)19-12-20(30-29-19)24(32)28-26-22(17-7-3-4-8-21(17)35-26)25(33)27-13-16-6-5-9-34-16/h10-12,16,31H,3-9,13H2,1-2H3,(H,27,33)(H,28,32)(H,29,30). The first-order chi connectivity index (χ1) is 16.9. The fourth-order valence-electron chi connectivity index (χ4n) is 4.90. The number of H-pyrrole nitrogens is 1. The third kappa shape index (κ3) is 4.83. The minimum atomic E-state index is -0.376. The molecule has 1 saturated heterocycles. The normalized spacial score (nSPS) is 17.3. The predicted molar refractivity (Wildman–Crippen MR) is 135 cm³/mol. The number of fused-ring (bicyclic) bond motifs is 1. The van der Waals surface area contributed by atoms with Gasteiger partial charge in [0.25, 0.3) is 11.8 Å². The Morgan fingerprint density at radius 1 is 1.17 bits per heavy atom. The lowest BCUT2D eigenvalue weighted by atomic mass is 9.95. The maximum atomic E-state index is 13.2. The van der Waals surface area contributed by atoms with Crippen LogP contribution in [0.3, 0.4) is 0 Å². The molecule has 2 aromatic heterocycles. The number of thiophene rings is 1. The summed E-state index contributed by atoms with van der Waals surface area (Å²) >= 11 is 1.48. The maximum Gasteiger partial charge on any atom is 0.274 e. The average Bonchev–Trinajstić information content (AvgIpc) is 3.59. The van der Waals surface area contributed by atoms with Gasteiger partial charge in [-0.2, -0.15) is 5.10 Å². The second-order valence-corrected chi connectivity index (χ2v) is 10.5. The van der Waals surface area contributed by atoms with Gasteiger partial charge in [0.1, 0.15) is 16.4 Å². The van der Waals surface area contributed by atoms with E-state index in [-0.39, 0.29) is 29.4 Å². The van der Waals surface area contributed by atoms with Crippen LogP contribution in [0.15, 0.2) is 18.2 Å². The number of aromatic amines is 1. The number of phenols is 1. The van der Waals surface area contributed by atoms with Gasteiger partial charge >= 0.3 is 0 Å². The highest BCUT2D eigenvalue weighted by atomic mass is 32.1. The van der Waals surface area contributed by atoms with Crippen LogP contribution in [-0.4, -0.2) is 46.4 Å². The molecule has 0 bridgehead atoms. The number of ether oxygens (including phenoxy) is 1. The third-order valence-corrected chi connectivity index (χ3v) is 7.89. The van der Waals surface area contributed by atoms with E-state index in [1.807, 2.05) is 26.0 Å². The average molecular weight is 495 g/mol. The van der Waals surface area contributed by atoms with Gasteiger partial charge in [-0.05, 0) is 81.2 Å². The summed E-state index contributed by atoms with van der Waals surface area (Å²) in [6.45, 7) is 4.98. The summed E-state index contributed by atoms with van der Waals surface area (Å²) in [5, 5.41) is 24.0. The molecule has 1 aliphatic carbocycles. The number of amides is 2. The quantitative estimate of drug-likeness (QED) is 0.403. The van der Waals surface area contributed by atoms with Gasteiger partial charge in [0.2, 0.25) is 0 Å². The first-order valence-corrected chi connectivity index (χ1v) is 12.9. The molecule has 0 saturated carbocycles. The summed E-state index contributed by atoms with van der Waals surface area (Å²) in [7, 11) is 0. The summed E-state index contributed by atoms with van der Waals surface area (Å²) in [6.07, 6.45) is 5.89. The maximum absolute atomic E-state index is 13.2. The molecule has 1 aliphatic heterocycles. The van der Waals surface area contributed by atoms with E-state index in [9.17, 15) is 14.7 Å². The Labute approximate surface area is 208 Å². The molecule has 9 heteroatoms. The SMILES string of the molecule is Cc1cc(C)c(O)c(-c2cc(C(=O)Nc3sc4c(c3C(=O)NCC3CCCO3)CCCC4)[nH]n2)c1. The van der Waals surface area contributed by atoms with Crippen LogP contribution >= 0.6 is 11.3 Å². The molecule has 1 atom stereocenters. The number of aromatic hydroxyl groups is 1. The van der Waals surface area contributed by atoms with Crippen LogP contribution in [0, 0.1) is 13.8 Å². The minimum Gasteiger partial charge on any atom is -0.507 e. The van der Waals surface area contributed by atoms with Gasteiger partial charge < -0.3 is 20.5 Å². The number of rotatable bonds is 6. The summed E-state index contributed by atoms with van der Waals surface area (Å²) in [6, 6.07) is 5.35. The molecule has 0 spiro atoms. The second kappa shape index (κ2) is 9.83. The Morgan fingerprint density at radius 3 is 2.80 bits per heavy atom. The monoisotopic (exact) mass is 494 g/mol. The van der Waals surface area contributed by atoms with Crippen molar-refractivity contribution >= 4 is 28.2 Å². The van der Waals surface area contributed by atoms with Crippen molar-refractivity contribution in [3.63, 3.8) is 0 Å². The molecule has 2 aliphatic rings. The molecule has 1 fully saturated rings. The second-order valence-electron chi connectivity index (χ2n) is 9.36. The first kappa shape index (κ1) is 23.6. The molecule has 8 nitrogen and oxygen atoms in total. The Morgan fingerprint density at radius 2 is 2.00 bits per heavy atom. The lowest BCUT2D eigenvalue weighted by Crippen LogP contribution is -2.32. The Bertz CT molecular complexity index is 1270. The highest BCUT2D eigenvalue weighted by Gasteiger charge is 2.28. The number of hydrogen-bond donors (Lipinski definition) is 4. The lowest BCUT2D eigenvalue weighted by Gasteiger charge is -2.15. The zero-order chi connectivity index (χ0) is 24.5. The summed E-state index contributed by atoms with van der Waals surface area (Å²) in [4.78, 5) is 27.5. The molecule has 4 N–H and O–H groups in total. The van der Waals surface area contributed by atoms with E-state index in [0.29, 0.717) is 28.4 Å². The Hall–Kier alpha value is -3.17. The highest BCUT2D eigenvalue weighted by molar-refractivity contribution is 7.17. The Kier molecular flexibility index (Phi) is 6.62. The number of benzene rings is 1. The van der Waals surface area contributed by atoms with Crippen LogP contribution in [0.2, 0.25) is 0 Å². The number of carbonyl (C=O) groups excluding carboxylic acids is 2. The van der Waals surface area contributed by atoms with E-state index in [1.165, 1.54) is 16.2 Å². The highest BCUT2D eigenvalue weighted by Crippen LogP contribution is 2.38. The zero-order valence-corrected chi connectivity index (χ0v) is 20.8. The van der Waals surface area contributed by atoms with E-state index in [1.54, 1.807) is 6.07 Å². The number of phenolic OH excluding ortho intramolecular Hbond substituents is 1. The molecular weight excluding hydrogens is 464 g/mol. The van der Waals surface area contributed by atoms with Crippen molar-refractivity contribution in [3.8, 4) is 17.0 Å². The van der Waals surface area contributed by atoms with Gasteiger partial charge in [-0.3, -0.25) is 14.7 Å². The molecule has 0 radical (unpaired) electrons. The molecule has 184 valence electrons. The topological polar surface area (TPSA) is 116 Å². The van der Waals surface area contributed by atoms with Gasteiger partial charge in [-0.1, -0.05) is 6.07 Å². The number of aromatic nitrogens is 2. The molecular formula is C26H30N4O4S. The molecule has 1 unspecified atom stereocenters. The van der Waals surface area contributed by atoms with E-state index < -0.39 is 0 Å². The molecule has 5 rings (SSSR count). The zero-order valence-electron chi connectivity index (χ0n) is 20.0. The molecule has 35 heavy (non-hydrogen) atoms. The number of carbonyl (C=O) groups is 2. The van der Waals surface area contributed by atoms with E-state index >= 15 is 0 Å².